The minimum atomic E-state index is -0.464. The molecule has 0 radical (unpaired) electrons. The van der Waals surface area contributed by atoms with Gasteiger partial charge in [0, 0.05) is 12.6 Å². The number of benzene rings is 1. The molecule has 0 aromatic heterocycles. The van der Waals surface area contributed by atoms with Gasteiger partial charge in [-0.1, -0.05) is 31.9 Å². The predicted octanol–water partition coefficient (Wildman–Crippen LogP) is 3.52. The van der Waals surface area contributed by atoms with Crippen molar-refractivity contribution in [3.63, 3.8) is 0 Å². The van der Waals surface area contributed by atoms with Gasteiger partial charge in [0.1, 0.15) is 18.5 Å². The molecule has 0 bridgehead atoms. The van der Waals surface area contributed by atoms with Gasteiger partial charge in [-0.2, -0.15) is 0 Å². The van der Waals surface area contributed by atoms with Crippen LogP contribution in [0, 0.1) is 26.7 Å². The van der Waals surface area contributed by atoms with Gasteiger partial charge in [0.15, 0.2) is 0 Å². The lowest BCUT2D eigenvalue weighted by atomic mass is 9.86. The second kappa shape index (κ2) is 7.98. The second-order valence-corrected chi connectivity index (χ2v) is 6.89. The Kier molecular flexibility index (Phi) is 6.27. The van der Waals surface area contributed by atoms with Crippen LogP contribution in [0.15, 0.2) is 12.1 Å². The third kappa shape index (κ3) is 4.47. The summed E-state index contributed by atoms with van der Waals surface area (Å²) in [6.07, 6.45) is 4.71. The van der Waals surface area contributed by atoms with Crippen LogP contribution in [0.1, 0.15) is 49.3 Å². The molecule has 1 saturated carbocycles. The molecule has 22 heavy (non-hydrogen) atoms. The zero-order valence-corrected chi connectivity index (χ0v) is 14.5. The molecular weight excluding hydrogens is 274 g/mol. The fourth-order valence-corrected chi connectivity index (χ4v) is 3.29. The van der Waals surface area contributed by atoms with Crippen LogP contribution in [0.5, 0.6) is 5.75 Å². The van der Waals surface area contributed by atoms with Gasteiger partial charge in [0.2, 0.25) is 0 Å². The average Bonchev–Trinajstić information content (AvgIpc) is 2.50. The highest BCUT2D eigenvalue weighted by molar-refractivity contribution is 5.44. The molecule has 2 rings (SSSR count). The summed E-state index contributed by atoms with van der Waals surface area (Å²) in [6, 6.07) is 4.73. The van der Waals surface area contributed by atoms with Gasteiger partial charge in [-0.05, 0) is 56.2 Å². The lowest BCUT2D eigenvalue weighted by Crippen LogP contribution is -2.42. The fourth-order valence-electron chi connectivity index (χ4n) is 3.29. The summed E-state index contributed by atoms with van der Waals surface area (Å²) >= 11 is 0. The summed E-state index contributed by atoms with van der Waals surface area (Å²) in [6.45, 7) is 9.48. The Morgan fingerprint density at radius 3 is 2.59 bits per heavy atom. The SMILES string of the molecule is Cc1ccc(C)c(OC[C@@H](O)CN[C@H]2CCCC[C@@H]2C)c1C. The molecule has 3 atom stereocenters. The average molecular weight is 305 g/mol. The van der Waals surface area contributed by atoms with E-state index in [1.165, 1.54) is 36.8 Å². The number of ether oxygens (including phenoxy) is 1. The van der Waals surface area contributed by atoms with Gasteiger partial charge in [-0.15, -0.1) is 0 Å². The van der Waals surface area contributed by atoms with Crippen molar-refractivity contribution in [1.82, 2.24) is 5.32 Å². The van der Waals surface area contributed by atoms with Gasteiger partial charge in [-0.3, -0.25) is 0 Å². The normalized spacial score (nSPS) is 23.3. The van der Waals surface area contributed by atoms with E-state index in [0.29, 0.717) is 25.1 Å². The predicted molar refractivity (Wildman–Crippen MR) is 91.6 cm³/mol. The number of rotatable bonds is 6. The lowest BCUT2D eigenvalue weighted by molar-refractivity contribution is 0.0978. The molecule has 0 amide bonds. The molecule has 0 heterocycles. The fraction of sp³-hybridized carbons (Fsp3) is 0.684. The molecule has 1 aromatic rings. The minimum Gasteiger partial charge on any atom is -0.490 e. The van der Waals surface area contributed by atoms with Crippen LogP contribution < -0.4 is 10.1 Å². The molecule has 1 fully saturated rings. The van der Waals surface area contributed by atoms with Crippen LogP contribution in [-0.2, 0) is 0 Å². The summed E-state index contributed by atoms with van der Waals surface area (Å²) in [5.41, 5.74) is 3.52. The molecule has 1 aliphatic carbocycles. The molecule has 0 spiro atoms. The molecule has 3 nitrogen and oxygen atoms in total. The van der Waals surface area contributed by atoms with Gasteiger partial charge in [0.25, 0.3) is 0 Å². The number of nitrogens with one attached hydrogen (secondary N) is 1. The Balaban J connectivity index is 1.80. The Morgan fingerprint density at radius 2 is 1.86 bits per heavy atom. The zero-order chi connectivity index (χ0) is 16.1. The first-order chi connectivity index (χ1) is 10.5. The molecular formula is C19H31NO2. The highest BCUT2D eigenvalue weighted by Gasteiger charge is 2.21. The first kappa shape index (κ1) is 17.3. The molecule has 2 N–H and O–H groups in total. The first-order valence-corrected chi connectivity index (χ1v) is 8.60. The number of aliphatic hydroxyl groups excluding tert-OH is 1. The van der Waals surface area contributed by atoms with Crippen LogP contribution in [0.4, 0.5) is 0 Å². The summed E-state index contributed by atoms with van der Waals surface area (Å²) in [5.74, 6) is 1.63. The van der Waals surface area contributed by atoms with E-state index in [4.69, 9.17) is 4.74 Å². The minimum absolute atomic E-state index is 0.346. The third-order valence-electron chi connectivity index (χ3n) is 5.02. The summed E-state index contributed by atoms with van der Waals surface area (Å²) in [4.78, 5) is 0. The summed E-state index contributed by atoms with van der Waals surface area (Å²) < 4.78 is 5.89. The van der Waals surface area contributed by atoms with Crippen molar-refractivity contribution < 1.29 is 9.84 Å². The zero-order valence-electron chi connectivity index (χ0n) is 14.5. The number of aliphatic hydroxyl groups is 1. The monoisotopic (exact) mass is 305 g/mol. The Hall–Kier alpha value is -1.06. The van der Waals surface area contributed by atoms with Crippen molar-refractivity contribution in [2.24, 2.45) is 5.92 Å². The van der Waals surface area contributed by atoms with Crippen molar-refractivity contribution >= 4 is 0 Å². The van der Waals surface area contributed by atoms with E-state index in [9.17, 15) is 5.11 Å². The van der Waals surface area contributed by atoms with E-state index >= 15 is 0 Å². The van der Waals surface area contributed by atoms with Gasteiger partial charge in [-0.25, -0.2) is 0 Å². The van der Waals surface area contributed by atoms with Crippen molar-refractivity contribution in [3.8, 4) is 5.75 Å². The maximum absolute atomic E-state index is 10.2. The smallest absolute Gasteiger partial charge is 0.125 e. The van der Waals surface area contributed by atoms with E-state index < -0.39 is 6.10 Å². The molecule has 0 aliphatic heterocycles. The topological polar surface area (TPSA) is 41.5 Å². The third-order valence-corrected chi connectivity index (χ3v) is 5.02. The Labute approximate surface area is 135 Å². The van der Waals surface area contributed by atoms with Crippen molar-refractivity contribution in [1.29, 1.82) is 0 Å². The Morgan fingerprint density at radius 1 is 1.18 bits per heavy atom. The lowest BCUT2D eigenvalue weighted by Gasteiger charge is -2.30. The van der Waals surface area contributed by atoms with Crippen molar-refractivity contribution in [3.05, 3.63) is 28.8 Å². The van der Waals surface area contributed by atoms with Crippen LogP contribution in [-0.4, -0.2) is 30.4 Å². The Bertz CT molecular complexity index is 487. The van der Waals surface area contributed by atoms with Gasteiger partial charge in [0.05, 0.1) is 0 Å². The number of hydrogen-bond acceptors (Lipinski definition) is 3. The van der Waals surface area contributed by atoms with E-state index in [-0.39, 0.29) is 0 Å². The van der Waals surface area contributed by atoms with Crippen LogP contribution in [0.25, 0.3) is 0 Å². The van der Waals surface area contributed by atoms with E-state index in [1.807, 2.05) is 0 Å². The quantitative estimate of drug-likeness (QED) is 0.845. The van der Waals surface area contributed by atoms with Gasteiger partial charge >= 0.3 is 0 Å². The molecule has 0 saturated heterocycles. The maximum atomic E-state index is 10.2. The summed E-state index contributed by atoms with van der Waals surface area (Å²) in [5, 5.41) is 13.7. The first-order valence-electron chi connectivity index (χ1n) is 8.60. The molecule has 1 aliphatic rings. The number of aryl methyl sites for hydroxylation is 2. The molecule has 3 heteroatoms. The standard InChI is InChI=1S/C19H31NO2/c1-13-9-10-15(3)19(16(13)4)22-12-17(21)11-20-18-8-6-5-7-14(18)2/h9-10,14,17-18,20-21H,5-8,11-12H2,1-4H3/t14-,17-,18-/m0/s1. The van der Waals surface area contributed by atoms with Crippen molar-refractivity contribution in [2.45, 2.75) is 65.5 Å². The van der Waals surface area contributed by atoms with E-state index in [1.54, 1.807) is 0 Å². The maximum Gasteiger partial charge on any atom is 0.125 e. The highest BCUT2D eigenvalue weighted by atomic mass is 16.5. The molecule has 124 valence electrons. The number of hydrogen-bond donors (Lipinski definition) is 2. The van der Waals surface area contributed by atoms with Gasteiger partial charge < -0.3 is 15.2 Å². The van der Waals surface area contributed by atoms with E-state index in [2.05, 4.69) is 45.1 Å². The van der Waals surface area contributed by atoms with E-state index in [0.717, 1.165) is 11.3 Å². The highest BCUT2D eigenvalue weighted by Crippen LogP contribution is 2.26. The summed E-state index contributed by atoms with van der Waals surface area (Å²) in [7, 11) is 0. The van der Waals surface area contributed by atoms with Crippen LogP contribution in [0.2, 0.25) is 0 Å². The van der Waals surface area contributed by atoms with Crippen LogP contribution >= 0.6 is 0 Å². The van der Waals surface area contributed by atoms with Crippen molar-refractivity contribution in [2.75, 3.05) is 13.2 Å². The second-order valence-electron chi connectivity index (χ2n) is 6.89. The molecule has 0 unspecified atom stereocenters. The largest absolute Gasteiger partial charge is 0.490 e. The van der Waals surface area contributed by atoms with Crippen LogP contribution in [0.3, 0.4) is 0 Å². The molecule has 1 aromatic carbocycles.